The molecule has 7 heteroatoms. The van der Waals surface area contributed by atoms with Gasteiger partial charge in [-0.3, -0.25) is 4.98 Å². The van der Waals surface area contributed by atoms with Crippen molar-refractivity contribution in [1.82, 2.24) is 10.3 Å². The van der Waals surface area contributed by atoms with E-state index in [4.69, 9.17) is 9.47 Å². The van der Waals surface area contributed by atoms with Crippen molar-refractivity contribution >= 4 is 11.7 Å². The molecule has 0 saturated carbocycles. The molecule has 2 amide bonds. The molecule has 1 heterocycles. The Kier molecular flexibility index (Phi) is 6.41. The predicted octanol–water partition coefficient (Wildman–Crippen LogP) is 4.13. The van der Waals surface area contributed by atoms with Crippen molar-refractivity contribution < 1.29 is 18.7 Å². The van der Waals surface area contributed by atoms with E-state index in [1.54, 1.807) is 12.3 Å². The number of hydrogen-bond acceptors (Lipinski definition) is 4. The van der Waals surface area contributed by atoms with Gasteiger partial charge in [0.25, 0.3) is 0 Å². The number of amides is 2. The number of nitrogens with zero attached hydrogens (tertiary/aromatic N) is 1. The highest BCUT2D eigenvalue weighted by atomic mass is 19.1. The fourth-order valence-electron chi connectivity index (χ4n) is 2.45. The van der Waals surface area contributed by atoms with Crippen LogP contribution in [0.1, 0.15) is 11.3 Å². The average Bonchev–Trinajstić information content (AvgIpc) is 2.72. The van der Waals surface area contributed by atoms with Crippen LogP contribution in [-0.4, -0.2) is 18.1 Å². The molecule has 2 aromatic carbocycles. The second-order valence-electron chi connectivity index (χ2n) is 5.91. The second-order valence-corrected chi connectivity index (χ2v) is 5.91. The van der Waals surface area contributed by atoms with Crippen molar-refractivity contribution in [3.8, 4) is 11.5 Å². The zero-order valence-electron chi connectivity index (χ0n) is 15.3. The summed E-state index contributed by atoms with van der Waals surface area (Å²) in [6.45, 7) is 0.713. The number of pyridine rings is 1. The van der Waals surface area contributed by atoms with E-state index in [2.05, 4.69) is 15.6 Å². The molecule has 0 aliphatic heterocycles. The first-order valence-electron chi connectivity index (χ1n) is 8.64. The largest absolute Gasteiger partial charge is 0.494 e. The first kappa shape index (κ1) is 19.2. The zero-order valence-corrected chi connectivity index (χ0v) is 15.3. The fraction of sp³-hybridized carbons (Fsp3) is 0.143. The molecule has 3 rings (SSSR count). The highest BCUT2D eigenvalue weighted by Gasteiger charge is 2.06. The number of halogens is 1. The predicted molar refractivity (Wildman–Crippen MR) is 104 cm³/mol. The lowest BCUT2D eigenvalue weighted by Crippen LogP contribution is -2.28. The van der Waals surface area contributed by atoms with Gasteiger partial charge in [-0.1, -0.05) is 18.2 Å². The van der Waals surface area contributed by atoms with Gasteiger partial charge < -0.3 is 20.1 Å². The van der Waals surface area contributed by atoms with E-state index in [0.29, 0.717) is 24.6 Å². The van der Waals surface area contributed by atoms with Crippen molar-refractivity contribution in [3.05, 3.63) is 83.9 Å². The first-order chi connectivity index (χ1) is 13.6. The Bertz CT molecular complexity index is 918. The Morgan fingerprint density at radius 1 is 1.11 bits per heavy atom. The number of rotatable bonds is 7. The minimum Gasteiger partial charge on any atom is -0.494 e. The van der Waals surface area contributed by atoms with Gasteiger partial charge in [0.1, 0.15) is 12.4 Å². The highest BCUT2D eigenvalue weighted by molar-refractivity contribution is 5.89. The number of carbonyl (C=O) groups is 1. The van der Waals surface area contributed by atoms with Crippen LogP contribution >= 0.6 is 0 Å². The summed E-state index contributed by atoms with van der Waals surface area (Å²) in [6, 6.07) is 16.8. The number of hydrogen-bond donors (Lipinski definition) is 2. The monoisotopic (exact) mass is 381 g/mol. The maximum Gasteiger partial charge on any atom is 0.319 e. The number of benzene rings is 2. The molecule has 0 unspecified atom stereocenters. The maximum absolute atomic E-state index is 13.6. The Labute approximate surface area is 162 Å². The van der Waals surface area contributed by atoms with Crippen LogP contribution in [0.2, 0.25) is 0 Å². The molecule has 144 valence electrons. The second kappa shape index (κ2) is 9.36. The average molecular weight is 381 g/mol. The summed E-state index contributed by atoms with van der Waals surface area (Å²) in [4.78, 5) is 16.2. The number of aromatic nitrogens is 1. The molecule has 0 radical (unpaired) electrons. The van der Waals surface area contributed by atoms with Crippen molar-refractivity contribution in [1.29, 1.82) is 0 Å². The third-order valence-corrected chi connectivity index (χ3v) is 3.90. The molecule has 0 bridgehead atoms. The molecule has 6 nitrogen and oxygen atoms in total. The van der Waals surface area contributed by atoms with Gasteiger partial charge in [0, 0.05) is 24.5 Å². The number of ether oxygens (including phenoxy) is 2. The fourth-order valence-corrected chi connectivity index (χ4v) is 2.45. The van der Waals surface area contributed by atoms with Crippen LogP contribution in [0.5, 0.6) is 11.5 Å². The van der Waals surface area contributed by atoms with Gasteiger partial charge in [-0.15, -0.1) is 0 Å². The number of methoxy groups -OCH3 is 1. The SMILES string of the molecule is COc1ccc(NC(=O)NCc2ccc(OCc3ccccn3)cc2)cc1F. The van der Waals surface area contributed by atoms with E-state index in [9.17, 15) is 9.18 Å². The Hall–Kier alpha value is -3.61. The molecule has 0 fully saturated rings. The summed E-state index contributed by atoms with van der Waals surface area (Å²) in [6.07, 6.45) is 1.72. The van der Waals surface area contributed by atoms with Crippen molar-refractivity contribution in [2.24, 2.45) is 0 Å². The van der Waals surface area contributed by atoms with Gasteiger partial charge in [0.15, 0.2) is 11.6 Å². The number of urea groups is 1. The van der Waals surface area contributed by atoms with Gasteiger partial charge in [-0.25, -0.2) is 9.18 Å². The smallest absolute Gasteiger partial charge is 0.319 e. The van der Waals surface area contributed by atoms with Gasteiger partial charge >= 0.3 is 6.03 Å². The topological polar surface area (TPSA) is 72.5 Å². The lowest BCUT2D eigenvalue weighted by molar-refractivity contribution is 0.251. The van der Waals surface area contributed by atoms with E-state index in [0.717, 1.165) is 11.3 Å². The van der Waals surface area contributed by atoms with Gasteiger partial charge in [0.2, 0.25) is 0 Å². The summed E-state index contributed by atoms with van der Waals surface area (Å²) in [5.41, 5.74) is 2.09. The Balaban J connectivity index is 1.46. The highest BCUT2D eigenvalue weighted by Crippen LogP contribution is 2.20. The molecule has 0 atom stereocenters. The van der Waals surface area contributed by atoms with Crippen LogP contribution in [0.15, 0.2) is 66.9 Å². The van der Waals surface area contributed by atoms with Crippen LogP contribution in [-0.2, 0) is 13.2 Å². The van der Waals surface area contributed by atoms with E-state index >= 15 is 0 Å². The van der Waals surface area contributed by atoms with Gasteiger partial charge in [-0.2, -0.15) is 0 Å². The van der Waals surface area contributed by atoms with E-state index in [1.165, 1.54) is 19.2 Å². The van der Waals surface area contributed by atoms with Crippen molar-refractivity contribution in [2.45, 2.75) is 13.2 Å². The molecule has 0 saturated heterocycles. The van der Waals surface area contributed by atoms with Crippen LogP contribution < -0.4 is 20.1 Å². The minimum absolute atomic E-state index is 0.122. The van der Waals surface area contributed by atoms with E-state index in [-0.39, 0.29) is 5.75 Å². The van der Waals surface area contributed by atoms with Crippen LogP contribution in [0.3, 0.4) is 0 Å². The van der Waals surface area contributed by atoms with E-state index < -0.39 is 11.8 Å². The quantitative estimate of drug-likeness (QED) is 0.645. The summed E-state index contributed by atoms with van der Waals surface area (Å²) in [5.74, 6) is 0.297. The molecule has 0 aliphatic carbocycles. The molecule has 2 N–H and O–H groups in total. The molecular weight excluding hydrogens is 361 g/mol. The standard InChI is InChI=1S/C21H20FN3O3/c1-27-20-10-7-16(12-19(20)22)25-21(26)24-13-15-5-8-18(9-6-15)28-14-17-4-2-3-11-23-17/h2-12H,13-14H2,1H3,(H2,24,25,26). The van der Waals surface area contributed by atoms with Crippen LogP contribution in [0.4, 0.5) is 14.9 Å². The third-order valence-electron chi connectivity index (χ3n) is 3.90. The Morgan fingerprint density at radius 2 is 1.93 bits per heavy atom. The summed E-state index contributed by atoms with van der Waals surface area (Å²) >= 11 is 0. The molecule has 28 heavy (non-hydrogen) atoms. The summed E-state index contributed by atoms with van der Waals surface area (Å²) in [7, 11) is 1.38. The van der Waals surface area contributed by atoms with Crippen molar-refractivity contribution in [3.63, 3.8) is 0 Å². The summed E-state index contributed by atoms with van der Waals surface area (Å²) in [5, 5.41) is 5.30. The molecule has 3 aromatic rings. The normalized spacial score (nSPS) is 10.2. The number of anilines is 1. The molecule has 1 aromatic heterocycles. The lowest BCUT2D eigenvalue weighted by Gasteiger charge is -2.10. The maximum atomic E-state index is 13.6. The van der Waals surface area contributed by atoms with Gasteiger partial charge in [0.05, 0.1) is 12.8 Å². The van der Waals surface area contributed by atoms with Gasteiger partial charge in [-0.05, 0) is 42.0 Å². The number of carbonyl (C=O) groups excluding carboxylic acids is 1. The van der Waals surface area contributed by atoms with Crippen LogP contribution in [0.25, 0.3) is 0 Å². The van der Waals surface area contributed by atoms with Crippen LogP contribution in [0, 0.1) is 5.82 Å². The third kappa shape index (κ3) is 5.44. The molecule has 0 aliphatic rings. The van der Waals surface area contributed by atoms with E-state index in [1.807, 2.05) is 42.5 Å². The molecular formula is C21H20FN3O3. The minimum atomic E-state index is -0.540. The number of nitrogens with one attached hydrogen (secondary N) is 2. The zero-order chi connectivity index (χ0) is 19.8. The lowest BCUT2D eigenvalue weighted by atomic mass is 10.2. The molecule has 0 spiro atoms. The summed E-state index contributed by atoms with van der Waals surface area (Å²) < 4.78 is 24.2. The first-order valence-corrected chi connectivity index (χ1v) is 8.64. The van der Waals surface area contributed by atoms with Crippen molar-refractivity contribution in [2.75, 3.05) is 12.4 Å². The Morgan fingerprint density at radius 3 is 2.61 bits per heavy atom.